The fraction of sp³-hybridized carbons (Fsp3) is 0.929. The van der Waals surface area contributed by atoms with Crippen LogP contribution in [0.3, 0.4) is 0 Å². The van der Waals surface area contributed by atoms with Crippen molar-refractivity contribution in [3.8, 4) is 0 Å². The molecule has 1 rings (SSSR count). The Morgan fingerprint density at radius 1 is 1.39 bits per heavy atom. The molecule has 0 aliphatic heterocycles. The molecule has 1 fully saturated rings. The molecule has 0 spiro atoms. The molecule has 1 N–H and O–H groups in total. The molecule has 1 amide bonds. The number of carbonyl (C=O) groups is 1. The summed E-state index contributed by atoms with van der Waals surface area (Å²) in [5, 5.41) is 10.4. The van der Waals surface area contributed by atoms with Gasteiger partial charge in [-0.3, -0.25) is 4.79 Å². The Hall–Kier alpha value is -0.220. The van der Waals surface area contributed by atoms with Crippen LogP contribution in [0.1, 0.15) is 51.9 Å². The minimum Gasteiger partial charge on any atom is -0.389 e. The van der Waals surface area contributed by atoms with E-state index >= 15 is 0 Å². The van der Waals surface area contributed by atoms with Gasteiger partial charge in [-0.1, -0.05) is 26.2 Å². The molecule has 0 bridgehead atoms. The van der Waals surface area contributed by atoms with Gasteiger partial charge < -0.3 is 10.0 Å². The molecule has 1 unspecified atom stereocenters. The Bertz CT molecular complexity index is 265. The molecule has 18 heavy (non-hydrogen) atoms. The van der Waals surface area contributed by atoms with Crippen molar-refractivity contribution in [3.05, 3.63) is 0 Å². The zero-order valence-corrected chi connectivity index (χ0v) is 12.8. The summed E-state index contributed by atoms with van der Waals surface area (Å²) in [4.78, 5) is 14.1. The van der Waals surface area contributed by atoms with Crippen LogP contribution in [0.2, 0.25) is 0 Å². The summed E-state index contributed by atoms with van der Waals surface area (Å²) in [6.45, 7) is 2.11. The van der Waals surface area contributed by atoms with Gasteiger partial charge >= 0.3 is 0 Å². The highest BCUT2D eigenvalue weighted by Crippen LogP contribution is 2.31. The Balaban J connectivity index is 2.52. The highest BCUT2D eigenvalue weighted by atomic mass is 32.2. The van der Waals surface area contributed by atoms with Gasteiger partial charge in [-0.15, -0.1) is 0 Å². The number of hydrogen-bond donors (Lipinski definition) is 1. The lowest BCUT2D eigenvalue weighted by Crippen LogP contribution is -2.43. The van der Waals surface area contributed by atoms with Gasteiger partial charge in [0.2, 0.25) is 5.91 Å². The monoisotopic (exact) mass is 273 g/mol. The minimum absolute atomic E-state index is 0.0975. The number of carbonyl (C=O) groups excluding carboxylic acids is 1. The summed E-state index contributed by atoms with van der Waals surface area (Å²) in [5.41, 5.74) is -0.735. The first kappa shape index (κ1) is 15.8. The highest BCUT2D eigenvalue weighted by Gasteiger charge is 2.33. The van der Waals surface area contributed by atoms with Gasteiger partial charge in [0.05, 0.1) is 12.0 Å². The first-order chi connectivity index (χ1) is 8.52. The number of amides is 1. The quantitative estimate of drug-likeness (QED) is 0.809. The second-order valence-electron chi connectivity index (χ2n) is 5.48. The van der Waals surface area contributed by atoms with E-state index in [1.165, 1.54) is 6.42 Å². The lowest BCUT2D eigenvalue weighted by atomic mass is 9.82. The van der Waals surface area contributed by atoms with E-state index in [0.29, 0.717) is 12.5 Å². The molecule has 1 saturated carbocycles. The van der Waals surface area contributed by atoms with Crippen molar-refractivity contribution < 1.29 is 9.90 Å². The maximum atomic E-state index is 12.2. The smallest absolute Gasteiger partial charge is 0.225 e. The zero-order chi connectivity index (χ0) is 13.6. The summed E-state index contributed by atoms with van der Waals surface area (Å²) in [5.74, 6) is 1.07. The molecule has 0 heterocycles. The van der Waals surface area contributed by atoms with E-state index in [9.17, 15) is 9.90 Å². The summed E-state index contributed by atoms with van der Waals surface area (Å²) in [6.07, 6.45) is 8.20. The SMILES string of the molecule is CCC(CSC)N(C)C(=O)CC1(O)CCCCC1. The number of nitrogens with zero attached hydrogens (tertiary/aromatic N) is 1. The molecule has 106 valence electrons. The van der Waals surface area contributed by atoms with Crippen molar-refractivity contribution in [2.75, 3.05) is 19.1 Å². The first-order valence-corrected chi connectivity index (χ1v) is 8.39. The van der Waals surface area contributed by atoms with Crippen LogP contribution in [-0.2, 0) is 4.79 Å². The van der Waals surface area contributed by atoms with Gasteiger partial charge in [-0.2, -0.15) is 11.8 Å². The fourth-order valence-electron chi connectivity index (χ4n) is 2.69. The predicted octanol–water partition coefficient (Wildman–Crippen LogP) is 2.67. The normalized spacial score (nSPS) is 20.4. The van der Waals surface area contributed by atoms with Crippen LogP contribution in [0.25, 0.3) is 0 Å². The molecule has 0 aromatic carbocycles. The third-order valence-corrected chi connectivity index (χ3v) is 4.75. The van der Waals surface area contributed by atoms with Gasteiger partial charge in [-0.25, -0.2) is 0 Å². The van der Waals surface area contributed by atoms with Gasteiger partial charge in [0, 0.05) is 18.8 Å². The molecule has 1 aliphatic carbocycles. The molecule has 0 aromatic heterocycles. The number of rotatable bonds is 6. The molecule has 4 heteroatoms. The second kappa shape index (κ2) is 7.39. The highest BCUT2D eigenvalue weighted by molar-refractivity contribution is 7.98. The molecule has 1 aliphatic rings. The third kappa shape index (κ3) is 4.47. The average molecular weight is 273 g/mol. The lowest BCUT2D eigenvalue weighted by molar-refractivity contribution is -0.138. The van der Waals surface area contributed by atoms with Crippen LogP contribution in [0, 0.1) is 0 Å². The van der Waals surface area contributed by atoms with Gasteiger partial charge in [-0.05, 0) is 25.5 Å². The van der Waals surface area contributed by atoms with Crippen LogP contribution < -0.4 is 0 Å². The van der Waals surface area contributed by atoms with E-state index in [-0.39, 0.29) is 5.91 Å². The number of thioether (sulfide) groups is 1. The van der Waals surface area contributed by atoms with E-state index < -0.39 is 5.60 Å². The van der Waals surface area contributed by atoms with E-state index in [1.54, 1.807) is 11.8 Å². The Morgan fingerprint density at radius 3 is 2.50 bits per heavy atom. The lowest BCUT2D eigenvalue weighted by Gasteiger charge is -2.34. The largest absolute Gasteiger partial charge is 0.389 e. The maximum Gasteiger partial charge on any atom is 0.225 e. The molecular weight excluding hydrogens is 246 g/mol. The Kier molecular flexibility index (Phi) is 6.50. The van der Waals surface area contributed by atoms with Gasteiger partial charge in [0.1, 0.15) is 0 Å². The molecule has 0 aromatic rings. The average Bonchev–Trinajstić information content (AvgIpc) is 2.35. The van der Waals surface area contributed by atoms with Crippen LogP contribution in [0.5, 0.6) is 0 Å². The van der Waals surface area contributed by atoms with Crippen LogP contribution in [-0.4, -0.2) is 46.6 Å². The van der Waals surface area contributed by atoms with E-state index in [1.807, 2.05) is 11.9 Å². The van der Waals surface area contributed by atoms with E-state index in [2.05, 4.69) is 13.2 Å². The van der Waals surface area contributed by atoms with Crippen molar-refractivity contribution in [2.24, 2.45) is 0 Å². The topological polar surface area (TPSA) is 40.5 Å². The van der Waals surface area contributed by atoms with Crippen molar-refractivity contribution in [1.29, 1.82) is 0 Å². The third-order valence-electron chi connectivity index (χ3n) is 4.04. The molecule has 1 atom stereocenters. The maximum absolute atomic E-state index is 12.2. The van der Waals surface area contributed by atoms with Crippen LogP contribution >= 0.6 is 11.8 Å². The summed E-state index contributed by atoms with van der Waals surface area (Å²) in [7, 11) is 1.87. The summed E-state index contributed by atoms with van der Waals surface area (Å²) in [6, 6.07) is 0.291. The van der Waals surface area contributed by atoms with Crippen molar-refractivity contribution in [3.63, 3.8) is 0 Å². The molecular formula is C14H27NO2S. The molecule has 3 nitrogen and oxygen atoms in total. The van der Waals surface area contributed by atoms with Gasteiger partial charge in [0.15, 0.2) is 0 Å². The Morgan fingerprint density at radius 2 is 2.00 bits per heavy atom. The first-order valence-electron chi connectivity index (χ1n) is 6.99. The number of aliphatic hydroxyl groups is 1. The molecule has 0 radical (unpaired) electrons. The predicted molar refractivity (Wildman–Crippen MR) is 77.9 cm³/mol. The zero-order valence-electron chi connectivity index (χ0n) is 11.9. The Labute approximate surface area is 115 Å². The van der Waals surface area contributed by atoms with Crippen molar-refractivity contribution >= 4 is 17.7 Å². The second-order valence-corrected chi connectivity index (χ2v) is 6.39. The summed E-state index contributed by atoms with van der Waals surface area (Å²) < 4.78 is 0. The summed E-state index contributed by atoms with van der Waals surface area (Å²) >= 11 is 1.77. The van der Waals surface area contributed by atoms with Crippen molar-refractivity contribution in [1.82, 2.24) is 4.90 Å². The van der Waals surface area contributed by atoms with Gasteiger partial charge in [0.25, 0.3) is 0 Å². The fourth-order valence-corrected chi connectivity index (χ4v) is 3.54. The van der Waals surface area contributed by atoms with Crippen LogP contribution in [0.4, 0.5) is 0 Å². The molecule has 0 saturated heterocycles. The minimum atomic E-state index is -0.735. The number of hydrogen-bond acceptors (Lipinski definition) is 3. The van der Waals surface area contributed by atoms with Crippen LogP contribution in [0.15, 0.2) is 0 Å². The van der Waals surface area contributed by atoms with E-state index in [0.717, 1.165) is 37.9 Å². The van der Waals surface area contributed by atoms with E-state index in [4.69, 9.17) is 0 Å². The van der Waals surface area contributed by atoms with Crippen molar-refractivity contribution in [2.45, 2.75) is 63.5 Å². The standard InChI is InChI=1S/C14H27NO2S/c1-4-12(11-18-3)15(2)13(16)10-14(17)8-6-5-7-9-14/h12,17H,4-11H2,1-3H3.